The molecule has 0 amide bonds. The lowest BCUT2D eigenvalue weighted by molar-refractivity contribution is -0.316. The second-order valence-electron chi connectivity index (χ2n) is 12.0. The molecule has 18 heteroatoms. The quantitative estimate of drug-likeness (QED) is 0.115. The number of aromatic hydroxyl groups is 2. The number of fused-ring (bicyclic) bond motifs is 1. The van der Waals surface area contributed by atoms with Gasteiger partial charge in [0, 0.05) is 17.7 Å². The van der Waals surface area contributed by atoms with Gasteiger partial charge in [-0.2, -0.15) is 0 Å². The Morgan fingerprint density at radius 2 is 1.41 bits per heavy atom. The molecule has 2 aromatic carbocycles. The van der Waals surface area contributed by atoms with Crippen molar-refractivity contribution in [1.82, 2.24) is 0 Å². The van der Waals surface area contributed by atoms with E-state index < -0.39 is 127 Å². The minimum atomic E-state index is -1.94. The van der Waals surface area contributed by atoms with E-state index in [0.717, 1.165) is 12.1 Å². The first-order valence-electron chi connectivity index (χ1n) is 15.2. The van der Waals surface area contributed by atoms with Crippen LogP contribution in [0.15, 0.2) is 45.6 Å². The molecule has 3 aliphatic heterocycles. The molecule has 0 saturated carbocycles. The first kappa shape index (κ1) is 35.4. The van der Waals surface area contributed by atoms with E-state index in [2.05, 4.69) is 0 Å². The fourth-order valence-corrected chi connectivity index (χ4v) is 5.97. The van der Waals surface area contributed by atoms with Crippen LogP contribution in [-0.2, 0) is 18.9 Å². The number of aliphatic hydroxyl groups excluding tert-OH is 9. The molecule has 0 aliphatic carbocycles. The lowest BCUT2D eigenvalue weighted by atomic mass is 9.91. The highest BCUT2D eigenvalue weighted by atomic mass is 16.7. The van der Waals surface area contributed by atoms with Crippen LogP contribution < -0.4 is 10.2 Å². The average molecular weight is 697 g/mol. The number of hydrogen-bond acceptors (Lipinski definition) is 18. The van der Waals surface area contributed by atoms with Gasteiger partial charge in [-0.3, -0.25) is 4.79 Å². The Bertz CT molecular complexity index is 1680. The predicted molar refractivity (Wildman–Crippen MR) is 159 cm³/mol. The van der Waals surface area contributed by atoms with E-state index in [1.54, 1.807) is 0 Å². The lowest BCUT2D eigenvalue weighted by Crippen LogP contribution is -2.60. The van der Waals surface area contributed by atoms with E-state index in [9.17, 15) is 61.0 Å². The third-order valence-electron chi connectivity index (χ3n) is 8.74. The molecule has 1 aromatic heterocycles. The Morgan fingerprint density at radius 3 is 2.10 bits per heavy atom. The maximum Gasteiger partial charge on any atom is 0.229 e. The zero-order chi connectivity index (χ0) is 35.3. The summed E-state index contributed by atoms with van der Waals surface area (Å²) in [6.45, 7) is -1.86. The van der Waals surface area contributed by atoms with Gasteiger partial charge in [-0.05, 0) is 24.3 Å². The van der Waals surface area contributed by atoms with Crippen molar-refractivity contribution < 1.29 is 84.3 Å². The van der Waals surface area contributed by atoms with Crippen LogP contribution in [0, 0.1) is 0 Å². The highest BCUT2D eigenvalue weighted by molar-refractivity contribution is 5.88. The fraction of sp³-hybridized carbons (Fsp3) is 0.516. The molecule has 0 unspecified atom stereocenters. The first-order chi connectivity index (χ1) is 23.3. The van der Waals surface area contributed by atoms with Crippen molar-refractivity contribution in [3.05, 3.63) is 52.2 Å². The number of hydrogen-bond donors (Lipinski definition) is 11. The van der Waals surface area contributed by atoms with Gasteiger partial charge in [0.05, 0.1) is 25.4 Å². The van der Waals surface area contributed by atoms with Gasteiger partial charge < -0.3 is 84.3 Å². The van der Waals surface area contributed by atoms with E-state index in [-0.39, 0.29) is 17.1 Å². The maximum absolute atomic E-state index is 13.5. The summed E-state index contributed by atoms with van der Waals surface area (Å²) >= 11 is 0. The van der Waals surface area contributed by atoms with Crippen LogP contribution in [0.4, 0.5) is 0 Å². The molecule has 18 nitrogen and oxygen atoms in total. The molecule has 0 radical (unpaired) electrons. The van der Waals surface area contributed by atoms with Gasteiger partial charge >= 0.3 is 0 Å². The van der Waals surface area contributed by atoms with Crippen LogP contribution in [-0.4, -0.2) is 150 Å². The molecule has 3 aromatic rings. The summed E-state index contributed by atoms with van der Waals surface area (Å²) in [6, 6.07) is 7.77. The van der Waals surface area contributed by atoms with Crippen LogP contribution >= 0.6 is 0 Å². The van der Waals surface area contributed by atoms with Crippen molar-refractivity contribution >= 4 is 11.0 Å². The number of ether oxygens (including phenoxy) is 5. The van der Waals surface area contributed by atoms with Crippen LogP contribution in [0.25, 0.3) is 22.3 Å². The Hall–Kier alpha value is -3.47. The van der Waals surface area contributed by atoms with Gasteiger partial charge in [0.2, 0.25) is 6.29 Å². The maximum atomic E-state index is 13.5. The van der Waals surface area contributed by atoms with Crippen molar-refractivity contribution in [2.24, 2.45) is 0 Å². The van der Waals surface area contributed by atoms with E-state index in [0.29, 0.717) is 5.56 Å². The standard InChI is InChI=1S/C31H36O18/c32-7-18-23(39)25(41)27(43)31(48-18)47-17-6-16-19(12(34)5-15(46-16)10-1-3-11(33)4-2-10)24(40)20(17)28-29(22(38)14(36)8-44-28)49-30-26(42)21(37)13(35)9-45-30/h1-6,13-14,18,21-23,25-33,35-43H,7-9H2/t13-,14+,18-,21+,22+,23-,25+,26-,27-,28+,29-,30+,31-/m1/s1. The molecule has 3 fully saturated rings. The van der Waals surface area contributed by atoms with Crippen molar-refractivity contribution in [1.29, 1.82) is 0 Å². The molecule has 11 N–H and O–H groups in total. The monoisotopic (exact) mass is 696 g/mol. The van der Waals surface area contributed by atoms with Crippen LogP contribution in [0.2, 0.25) is 0 Å². The minimum absolute atomic E-state index is 0.00120. The highest BCUT2D eigenvalue weighted by Crippen LogP contribution is 2.46. The zero-order valence-electron chi connectivity index (χ0n) is 25.4. The average Bonchev–Trinajstić information content (AvgIpc) is 3.07. The SMILES string of the molecule is O=c1cc(-c2ccc(O)cc2)oc2cc(O[C@@H]3O[C@H](CO)[C@@H](O)[C@H](O)[C@H]3O)c([C@@H]3OC[C@H](O)[C@H](O)[C@H]3O[C@@H]3OC[C@@H](O)[C@H](O)[C@H]3O)c(O)c12. The van der Waals surface area contributed by atoms with Crippen molar-refractivity contribution in [3.8, 4) is 28.6 Å². The normalized spacial score (nSPS) is 36.9. The third-order valence-corrected chi connectivity index (χ3v) is 8.74. The third kappa shape index (κ3) is 6.59. The van der Waals surface area contributed by atoms with E-state index in [4.69, 9.17) is 28.1 Å². The molecule has 3 saturated heterocycles. The van der Waals surface area contributed by atoms with Gasteiger partial charge in [-0.1, -0.05) is 0 Å². The molecule has 13 atom stereocenters. The second kappa shape index (κ2) is 14.0. The summed E-state index contributed by atoms with van der Waals surface area (Å²) < 4.78 is 34.2. The van der Waals surface area contributed by atoms with Crippen LogP contribution in [0.3, 0.4) is 0 Å². The fourth-order valence-electron chi connectivity index (χ4n) is 5.97. The Morgan fingerprint density at radius 1 is 0.755 bits per heavy atom. The van der Waals surface area contributed by atoms with Gasteiger partial charge in [0.15, 0.2) is 11.7 Å². The number of benzene rings is 2. The van der Waals surface area contributed by atoms with Crippen molar-refractivity contribution in [3.63, 3.8) is 0 Å². The van der Waals surface area contributed by atoms with Gasteiger partial charge in [-0.25, -0.2) is 0 Å². The molecule has 6 rings (SSSR count). The van der Waals surface area contributed by atoms with Crippen molar-refractivity contribution in [2.45, 2.75) is 79.7 Å². The molecule has 3 aliphatic rings. The molecule has 49 heavy (non-hydrogen) atoms. The number of rotatable bonds is 7. The summed E-state index contributed by atoms with van der Waals surface area (Å²) in [6.07, 6.45) is -22.4. The number of aliphatic hydroxyl groups is 9. The largest absolute Gasteiger partial charge is 0.508 e. The minimum Gasteiger partial charge on any atom is -0.508 e. The summed E-state index contributed by atoms with van der Waals surface area (Å²) in [5.74, 6) is -1.35. The molecular weight excluding hydrogens is 660 g/mol. The van der Waals surface area contributed by atoms with Crippen molar-refractivity contribution in [2.75, 3.05) is 19.8 Å². The highest BCUT2D eigenvalue weighted by Gasteiger charge is 2.49. The Kier molecular flexibility index (Phi) is 10.1. The smallest absolute Gasteiger partial charge is 0.229 e. The second-order valence-corrected chi connectivity index (χ2v) is 12.0. The number of phenolic OH excluding ortho intramolecular Hbond substituents is 2. The zero-order valence-corrected chi connectivity index (χ0v) is 25.4. The molecule has 4 heterocycles. The molecule has 0 bridgehead atoms. The van der Waals surface area contributed by atoms with E-state index in [1.165, 1.54) is 24.3 Å². The van der Waals surface area contributed by atoms with Gasteiger partial charge in [-0.15, -0.1) is 0 Å². The molecule has 0 spiro atoms. The number of phenols is 2. The van der Waals surface area contributed by atoms with Crippen LogP contribution in [0.5, 0.6) is 17.2 Å². The summed E-state index contributed by atoms with van der Waals surface area (Å²) in [5.41, 5.74) is -1.14. The Balaban J connectivity index is 1.49. The lowest BCUT2D eigenvalue weighted by Gasteiger charge is -2.43. The first-order valence-corrected chi connectivity index (χ1v) is 15.2. The molecule has 268 valence electrons. The predicted octanol–water partition coefficient (Wildman–Crippen LogP) is -3.33. The summed E-state index contributed by atoms with van der Waals surface area (Å²) in [5, 5.41) is 114. The topological polar surface area (TPSA) is 299 Å². The summed E-state index contributed by atoms with van der Waals surface area (Å²) in [7, 11) is 0. The summed E-state index contributed by atoms with van der Waals surface area (Å²) in [4.78, 5) is 13.5. The Labute approximate surface area is 275 Å². The van der Waals surface area contributed by atoms with E-state index in [1.807, 2.05) is 0 Å². The van der Waals surface area contributed by atoms with E-state index >= 15 is 0 Å². The van der Waals surface area contributed by atoms with Crippen LogP contribution in [0.1, 0.15) is 11.7 Å². The molecular formula is C31H36O18. The van der Waals surface area contributed by atoms with Gasteiger partial charge in [0.1, 0.15) is 101 Å². The van der Waals surface area contributed by atoms with Gasteiger partial charge in [0.25, 0.3) is 0 Å².